The number of rotatable bonds is 6. The maximum atomic E-state index is 11.4. The number of azo groups is 1. The Morgan fingerprint density at radius 2 is 1.52 bits per heavy atom. The molecule has 0 aliphatic rings. The molecular weight excluding hydrogens is 380 g/mol. The third-order valence-electron chi connectivity index (χ3n) is 4.11. The van der Waals surface area contributed by atoms with Gasteiger partial charge >= 0.3 is 11.4 Å². The van der Waals surface area contributed by atoms with Crippen LogP contribution in [0.2, 0.25) is 0 Å². The first-order valence-electron chi connectivity index (χ1n) is 8.28. The topological polar surface area (TPSA) is 151 Å². The second-order valence-corrected chi connectivity index (χ2v) is 5.90. The van der Waals surface area contributed by atoms with Gasteiger partial charge in [-0.15, -0.1) is 5.11 Å². The largest absolute Gasteiger partial charge is 0.504 e. The first-order chi connectivity index (χ1) is 13.9. The van der Waals surface area contributed by atoms with Gasteiger partial charge in [-0.2, -0.15) is 5.11 Å². The number of phenols is 2. The number of benzene rings is 3. The molecule has 3 aromatic rings. The molecule has 10 heteroatoms. The van der Waals surface area contributed by atoms with Gasteiger partial charge in [-0.05, 0) is 17.7 Å². The number of nitro benzene ring substituents is 2. The lowest BCUT2D eigenvalue weighted by molar-refractivity contribution is -0.421. The molecule has 0 aromatic heterocycles. The highest BCUT2D eigenvalue weighted by Crippen LogP contribution is 2.40. The van der Waals surface area contributed by atoms with Crippen LogP contribution < -0.4 is 0 Å². The quantitative estimate of drug-likeness (QED) is 0.265. The van der Waals surface area contributed by atoms with Crippen molar-refractivity contribution in [2.45, 2.75) is 6.04 Å². The lowest BCUT2D eigenvalue weighted by Crippen LogP contribution is -1.99. The van der Waals surface area contributed by atoms with Crippen molar-refractivity contribution in [2.24, 2.45) is 10.2 Å². The van der Waals surface area contributed by atoms with E-state index < -0.39 is 33.0 Å². The summed E-state index contributed by atoms with van der Waals surface area (Å²) in [5.41, 5.74) is -0.987. The van der Waals surface area contributed by atoms with Crippen LogP contribution in [0, 0.1) is 20.2 Å². The lowest BCUT2D eigenvalue weighted by atomic mass is 9.98. The van der Waals surface area contributed by atoms with Gasteiger partial charge in [0.2, 0.25) is 0 Å². The van der Waals surface area contributed by atoms with Crippen molar-refractivity contribution in [1.82, 2.24) is 0 Å². The van der Waals surface area contributed by atoms with Crippen molar-refractivity contribution in [3.05, 3.63) is 98.1 Å². The lowest BCUT2D eigenvalue weighted by Gasteiger charge is -2.14. The van der Waals surface area contributed by atoms with E-state index in [1.54, 1.807) is 30.3 Å². The van der Waals surface area contributed by atoms with E-state index in [0.717, 1.165) is 6.07 Å². The maximum Gasteiger partial charge on any atom is 0.373 e. The van der Waals surface area contributed by atoms with E-state index in [2.05, 4.69) is 10.2 Å². The molecule has 0 aliphatic carbocycles. The molecule has 0 fully saturated rings. The van der Waals surface area contributed by atoms with Gasteiger partial charge in [0.25, 0.3) is 0 Å². The van der Waals surface area contributed by atoms with E-state index >= 15 is 0 Å². The minimum Gasteiger partial charge on any atom is -0.504 e. The standard InChI is InChI=1S/C19H14N4O6/c24-16-11-4-8-13(19(16)25)17(12-6-2-1-3-7-12)21-20-14-9-5-10-15(22(26)27)18(14)23(28)29/h1-11,17,24-25H. The Morgan fingerprint density at radius 3 is 2.17 bits per heavy atom. The van der Waals surface area contributed by atoms with Crippen molar-refractivity contribution < 1.29 is 20.1 Å². The Hall–Kier alpha value is -4.34. The van der Waals surface area contributed by atoms with Gasteiger partial charge in [0.1, 0.15) is 6.04 Å². The highest BCUT2D eigenvalue weighted by molar-refractivity contribution is 5.68. The van der Waals surface area contributed by atoms with Crippen molar-refractivity contribution >= 4 is 17.1 Å². The summed E-state index contributed by atoms with van der Waals surface area (Å²) in [4.78, 5) is 20.7. The average Bonchev–Trinajstić information content (AvgIpc) is 2.71. The van der Waals surface area contributed by atoms with Crippen LogP contribution in [0.5, 0.6) is 11.5 Å². The third kappa shape index (κ3) is 4.00. The van der Waals surface area contributed by atoms with Gasteiger partial charge in [0, 0.05) is 11.6 Å². The molecule has 0 heterocycles. The zero-order valence-corrected chi connectivity index (χ0v) is 14.7. The van der Waals surface area contributed by atoms with Crippen LogP contribution in [0.3, 0.4) is 0 Å². The molecule has 0 spiro atoms. The van der Waals surface area contributed by atoms with Crippen LogP contribution in [0.4, 0.5) is 17.1 Å². The number of nitro groups is 2. The van der Waals surface area contributed by atoms with E-state index in [1.807, 2.05) is 0 Å². The average molecular weight is 394 g/mol. The van der Waals surface area contributed by atoms with Gasteiger partial charge in [0.15, 0.2) is 17.2 Å². The van der Waals surface area contributed by atoms with Crippen molar-refractivity contribution in [3.63, 3.8) is 0 Å². The molecule has 146 valence electrons. The summed E-state index contributed by atoms with van der Waals surface area (Å²) in [6.07, 6.45) is 0. The Balaban J connectivity index is 2.14. The summed E-state index contributed by atoms with van der Waals surface area (Å²) >= 11 is 0. The van der Waals surface area contributed by atoms with E-state index in [1.165, 1.54) is 30.3 Å². The van der Waals surface area contributed by atoms with Crippen molar-refractivity contribution in [2.75, 3.05) is 0 Å². The Bertz CT molecular complexity index is 1100. The second kappa shape index (κ2) is 8.13. The minimum atomic E-state index is -0.915. The van der Waals surface area contributed by atoms with E-state index in [0.29, 0.717) is 5.56 Å². The molecule has 0 saturated carbocycles. The monoisotopic (exact) mass is 394 g/mol. The fourth-order valence-electron chi connectivity index (χ4n) is 2.77. The third-order valence-corrected chi connectivity index (χ3v) is 4.11. The predicted molar refractivity (Wildman–Crippen MR) is 102 cm³/mol. The minimum absolute atomic E-state index is 0.216. The Labute approximate surface area is 163 Å². The second-order valence-electron chi connectivity index (χ2n) is 5.90. The Morgan fingerprint density at radius 1 is 0.828 bits per heavy atom. The zero-order valence-electron chi connectivity index (χ0n) is 14.7. The van der Waals surface area contributed by atoms with Crippen molar-refractivity contribution in [3.8, 4) is 11.5 Å². The van der Waals surface area contributed by atoms with Gasteiger partial charge in [-0.25, -0.2) is 0 Å². The van der Waals surface area contributed by atoms with Crippen LogP contribution in [0.25, 0.3) is 0 Å². The van der Waals surface area contributed by atoms with Crippen LogP contribution in [-0.4, -0.2) is 20.1 Å². The SMILES string of the molecule is O=[N+]([O-])c1cccc(N=NC(c2ccccc2)c2cccc(O)c2O)c1[N+](=O)[O-]. The molecule has 0 aliphatic heterocycles. The van der Waals surface area contributed by atoms with Crippen LogP contribution >= 0.6 is 0 Å². The summed E-state index contributed by atoms with van der Waals surface area (Å²) in [5, 5.41) is 50.5. The molecule has 0 saturated heterocycles. The van der Waals surface area contributed by atoms with Gasteiger partial charge < -0.3 is 10.2 Å². The summed E-state index contributed by atoms with van der Waals surface area (Å²) in [5.74, 6) is -0.770. The number of hydrogen-bond acceptors (Lipinski definition) is 8. The molecule has 3 rings (SSSR count). The van der Waals surface area contributed by atoms with Gasteiger partial charge in [0.05, 0.1) is 9.85 Å². The molecule has 0 bridgehead atoms. The van der Waals surface area contributed by atoms with E-state index in [9.17, 15) is 30.4 Å². The van der Waals surface area contributed by atoms with E-state index in [-0.39, 0.29) is 17.0 Å². The number of para-hydroxylation sites is 2. The fraction of sp³-hybridized carbons (Fsp3) is 0.0526. The first-order valence-corrected chi connectivity index (χ1v) is 8.28. The van der Waals surface area contributed by atoms with Crippen LogP contribution in [0.1, 0.15) is 17.2 Å². The number of phenolic OH excluding ortho intramolecular Hbond substituents is 2. The number of hydrogen-bond donors (Lipinski definition) is 2. The fourth-order valence-corrected chi connectivity index (χ4v) is 2.77. The summed E-state index contributed by atoms with van der Waals surface area (Å²) in [6.45, 7) is 0. The molecule has 0 radical (unpaired) electrons. The van der Waals surface area contributed by atoms with Crippen LogP contribution in [-0.2, 0) is 0 Å². The highest BCUT2D eigenvalue weighted by Gasteiger charge is 2.29. The van der Waals surface area contributed by atoms with Crippen LogP contribution in [0.15, 0.2) is 77.0 Å². The summed E-state index contributed by atoms with van der Waals surface area (Å²) in [7, 11) is 0. The zero-order chi connectivity index (χ0) is 21.0. The smallest absolute Gasteiger partial charge is 0.373 e. The summed E-state index contributed by atoms with van der Waals surface area (Å²) in [6, 6.07) is 15.6. The molecule has 2 N–H and O–H groups in total. The highest BCUT2D eigenvalue weighted by atomic mass is 16.6. The molecule has 1 atom stereocenters. The predicted octanol–water partition coefficient (Wildman–Crippen LogP) is 4.79. The number of nitrogens with zero attached hydrogens (tertiary/aromatic N) is 4. The number of aromatic hydroxyl groups is 2. The maximum absolute atomic E-state index is 11.4. The molecule has 29 heavy (non-hydrogen) atoms. The molecular formula is C19H14N4O6. The Kier molecular flexibility index (Phi) is 5.44. The van der Waals surface area contributed by atoms with Crippen molar-refractivity contribution in [1.29, 1.82) is 0 Å². The summed E-state index contributed by atoms with van der Waals surface area (Å²) < 4.78 is 0. The molecule has 0 amide bonds. The normalized spacial score (nSPS) is 12.0. The van der Waals surface area contributed by atoms with E-state index in [4.69, 9.17) is 0 Å². The molecule has 3 aromatic carbocycles. The van der Waals surface area contributed by atoms with Gasteiger partial charge in [-0.1, -0.05) is 48.5 Å². The molecule has 1 unspecified atom stereocenters. The van der Waals surface area contributed by atoms with Gasteiger partial charge in [-0.3, -0.25) is 20.2 Å². The molecule has 10 nitrogen and oxygen atoms in total. The first kappa shape index (κ1) is 19.4.